The molecule has 0 amide bonds. The lowest BCUT2D eigenvalue weighted by molar-refractivity contribution is -0.906. The Morgan fingerprint density at radius 2 is 1.86 bits per heavy atom. The first-order chi connectivity index (χ1) is 9.87. The van der Waals surface area contributed by atoms with Crippen LogP contribution in [0.15, 0.2) is 36.4 Å². The number of quaternary nitrogens is 1. The van der Waals surface area contributed by atoms with Crippen LogP contribution in [0.2, 0.25) is 0 Å². The number of aromatic hydroxyl groups is 2. The van der Waals surface area contributed by atoms with Crippen LogP contribution < -0.4 is 5.73 Å². The Labute approximate surface area is 124 Å². The molecule has 1 aliphatic heterocycles. The standard InChI is InChI=1S/C17H20N2O2/c1-19(2)9-13(11-6-7-16(20)17(21)8-11)12-4-3-5-15(18)14(12)10-19/h3-8,13H,9-10,18H2,1-2H3,(H-,20,21)/p+1. The smallest absolute Gasteiger partial charge is 0.157 e. The molecular formula is C17H21N2O2+. The molecule has 0 spiro atoms. The number of likely N-dealkylation sites (N-methyl/N-ethyl adjacent to an activating group) is 1. The third-order valence-corrected chi connectivity index (χ3v) is 4.29. The third-order valence-electron chi connectivity index (χ3n) is 4.29. The van der Waals surface area contributed by atoms with E-state index in [4.69, 9.17) is 5.73 Å². The van der Waals surface area contributed by atoms with Crippen molar-refractivity contribution in [1.82, 2.24) is 0 Å². The molecule has 4 heteroatoms. The molecule has 2 aromatic carbocycles. The molecule has 3 rings (SSSR count). The Morgan fingerprint density at radius 3 is 2.57 bits per heavy atom. The van der Waals surface area contributed by atoms with Crippen molar-refractivity contribution in [2.24, 2.45) is 0 Å². The number of benzene rings is 2. The normalized spacial score (nSPS) is 20.0. The van der Waals surface area contributed by atoms with E-state index in [2.05, 4.69) is 20.2 Å². The molecule has 4 N–H and O–H groups in total. The van der Waals surface area contributed by atoms with E-state index in [1.165, 1.54) is 11.1 Å². The van der Waals surface area contributed by atoms with E-state index in [1.807, 2.05) is 18.2 Å². The largest absolute Gasteiger partial charge is 0.504 e. The zero-order chi connectivity index (χ0) is 15.2. The molecule has 0 fully saturated rings. The van der Waals surface area contributed by atoms with Gasteiger partial charge in [-0.15, -0.1) is 0 Å². The fraction of sp³-hybridized carbons (Fsp3) is 0.294. The number of nitrogens with zero attached hydrogens (tertiary/aromatic N) is 1. The lowest BCUT2D eigenvalue weighted by Gasteiger charge is -2.40. The highest BCUT2D eigenvalue weighted by Gasteiger charge is 2.34. The predicted octanol–water partition coefficient (Wildman–Crippen LogP) is 2.40. The molecule has 0 saturated carbocycles. The quantitative estimate of drug-likeness (QED) is 0.428. The summed E-state index contributed by atoms with van der Waals surface area (Å²) in [6, 6.07) is 11.1. The number of anilines is 1. The second kappa shape index (κ2) is 4.67. The summed E-state index contributed by atoms with van der Waals surface area (Å²) in [7, 11) is 4.37. The van der Waals surface area contributed by atoms with Crippen LogP contribution in [0.25, 0.3) is 0 Å². The maximum Gasteiger partial charge on any atom is 0.157 e. The van der Waals surface area contributed by atoms with Crippen LogP contribution in [0.5, 0.6) is 11.5 Å². The van der Waals surface area contributed by atoms with Gasteiger partial charge in [-0.05, 0) is 29.3 Å². The van der Waals surface area contributed by atoms with Crippen molar-refractivity contribution in [1.29, 1.82) is 0 Å². The summed E-state index contributed by atoms with van der Waals surface area (Å²) in [6.45, 7) is 1.84. The van der Waals surface area contributed by atoms with Gasteiger partial charge >= 0.3 is 0 Å². The van der Waals surface area contributed by atoms with E-state index in [0.29, 0.717) is 0 Å². The third kappa shape index (κ3) is 2.43. The summed E-state index contributed by atoms with van der Waals surface area (Å²) in [4.78, 5) is 0. The van der Waals surface area contributed by atoms with Crippen molar-refractivity contribution in [3.63, 3.8) is 0 Å². The van der Waals surface area contributed by atoms with Crippen LogP contribution in [0.4, 0.5) is 5.69 Å². The van der Waals surface area contributed by atoms with Gasteiger partial charge in [-0.25, -0.2) is 0 Å². The minimum absolute atomic E-state index is 0.0752. The fourth-order valence-corrected chi connectivity index (χ4v) is 3.26. The number of hydrogen-bond donors (Lipinski definition) is 3. The molecule has 110 valence electrons. The van der Waals surface area contributed by atoms with Crippen LogP contribution >= 0.6 is 0 Å². The number of nitrogen functional groups attached to an aromatic ring is 1. The zero-order valence-electron chi connectivity index (χ0n) is 12.4. The fourth-order valence-electron chi connectivity index (χ4n) is 3.26. The number of phenolic OH excluding ortho intramolecular Hbond substituents is 2. The maximum atomic E-state index is 9.78. The van der Waals surface area contributed by atoms with Crippen LogP contribution in [-0.2, 0) is 6.54 Å². The molecule has 4 nitrogen and oxygen atoms in total. The summed E-state index contributed by atoms with van der Waals surface area (Å²) >= 11 is 0. The van der Waals surface area contributed by atoms with Gasteiger partial charge in [0, 0.05) is 11.3 Å². The van der Waals surface area contributed by atoms with E-state index in [0.717, 1.165) is 28.8 Å². The van der Waals surface area contributed by atoms with Gasteiger partial charge in [-0.2, -0.15) is 0 Å². The summed E-state index contributed by atoms with van der Waals surface area (Å²) in [6.07, 6.45) is 0. The molecule has 1 aliphatic rings. The van der Waals surface area contributed by atoms with Gasteiger partial charge in [0.25, 0.3) is 0 Å². The summed E-state index contributed by atoms with van der Waals surface area (Å²) in [5.74, 6) is 0.00342. The zero-order valence-corrected chi connectivity index (χ0v) is 12.4. The maximum absolute atomic E-state index is 9.78. The van der Waals surface area contributed by atoms with Crippen molar-refractivity contribution in [3.8, 4) is 11.5 Å². The number of fused-ring (bicyclic) bond motifs is 1. The van der Waals surface area contributed by atoms with Crippen molar-refractivity contribution >= 4 is 5.69 Å². The monoisotopic (exact) mass is 285 g/mol. The molecule has 0 aliphatic carbocycles. The van der Waals surface area contributed by atoms with Gasteiger partial charge < -0.3 is 20.4 Å². The van der Waals surface area contributed by atoms with Gasteiger partial charge in [-0.1, -0.05) is 18.2 Å². The number of nitrogens with two attached hydrogens (primary N) is 1. The highest BCUT2D eigenvalue weighted by atomic mass is 16.3. The second-order valence-electron chi connectivity index (χ2n) is 6.49. The highest BCUT2D eigenvalue weighted by molar-refractivity contribution is 5.55. The van der Waals surface area contributed by atoms with Gasteiger partial charge in [0.2, 0.25) is 0 Å². The molecule has 21 heavy (non-hydrogen) atoms. The van der Waals surface area contributed by atoms with Gasteiger partial charge in [-0.3, -0.25) is 0 Å². The Bertz CT molecular complexity index is 695. The topological polar surface area (TPSA) is 66.5 Å². The van der Waals surface area contributed by atoms with Gasteiger partial charge in [0.05, 0.1) is 26.6 Å². The van der Waals surface area contributed by atoms with E-state index in [1.54, 1.807) is 12.1 Å². The first-order valence-corrected chi connectivity index (χ1v) is 7.08. The summed E-state index contributed by atoms with van der Waals surface area (Å²) in [5, 5.41) is 19.3. The lowest BCUT2D eigenvalue weighted by atomic mass is 9.83. The molecule has 0 bridgehead atoms. The average Bonchev–Trinajstić information content (AvgIpc) is 2.42. The number of phenols is 2. The lowest BCUT2D eigenvalue weighted by Crippen LogP contribution is -2.46. The molecule has 1 heterocycles. The molecule has 0 radical (unpaired) electrons. The van der Waals surface area contributed by atoms with Crippen LogP contribution in [0.3, 0.4) is 0 Å². The van der Waals surface area contributed by atoms with Gasteiger partial charge in [0.1, 0.15) is 6.54 Å². The number of rotatable bonds is 1. The molecule has 0 saturated heterocycles. The van der Waals surface area contributed by atoms with Crippen molar-refractivity contribution in [2.45, 2.75) is 12.5 Å². The molecule has 0 aromatic heterocycles. The molecule has 2 aromatic rings. The predicted molar refractivity (Wildman–Crippen MR) is 83.1 cm³/mol. The first kappa shape index (κ1) is 13.8. The van der Waals surface area contributed by atoms with Crippen LogP contribution in [0.1, 0.15) is 22.6 Å². The summed E-state index contributed by atoms with van der Waals surface area (Å²) in [5.41, 5.74) is 10.4. The van der Waals surface area contributed by atoms with E-state index in [9.17, 15) is 10.2 Å². The van der Waals surface area contributed by atoms with Crippen molar-refractivity contribution in [3.05, 3.63) is 53.1 Å². The van der Waals surface area contributed by atoms with E-state index >= 15 is 0 Å². The average molecular weight is 285 g/mol. The van der Waals surface area contributed by atoms with E-state index in [-0.39, 0.29) is 17.4 Å². The second-order valence-corrected chi connectivity index (χ2v) is 6.49. The van der Waals surface area contributed by atoms with Gasteiger partial charge in [0.15, 0.2) is 11.5 Å². The Morgan fingerprint density at radius 1 is 1.10 bits per heavy atom. The summed E-state index contributed by atoms with van der Waals surface area (Å²) < 4.78 is 0.841. The minimum atomic E-state index is -0.0869. The Kier molecular flexibility index (Phi) is 3.06. The van der Waals surface area contributed by atoms with Crippen molar-refractivity contribution in [2.75, 3.05) is 26.4 Å². The van der Waals surface area contributed by atoms with Crippen molar-refractivity contribution < 1.29 is 14.7 Å². The first-order valence-electron chi connectivity index (χ1n) is 7.08. The molecule has 1 atom stereocenters. The Balaban J connectivity index is 2.14. The number of hydrogen-bond acceptors (Lipinski definition) is 3. The van der Waals surface area contributed by atoms with Crippen LogP contribution in [0, 0.1) is 0 Å². The van der Waals surface area contributed by atoms with E-state index < -0.39 is 0 Å². The minimum Gasteiger partial charge on any atom is -0.504 e. The SMILES string of the molecule is C[N+]1(C)Cc2c(N)cccc2C(c2ccc(O)c(O)c2)C1. The molecular weight excluding hydrogens is 264 g/mol. The highest BCUT2D eigenvalue weighted by Crippen LogP contribution is 2.39. The Hall–Kier alpha value is -2.20. The van der Waals surface area contributed by atoms with Crippen LogP contribution in [-0.4, -0.2) is 35.3 Å². The molecule has 1 unspecified atom stereocenters.